The van der Waals surface area contributed by atoms with Gasteiger partial charge in [0.2, 0.25) is 0 Å². The quantitative estimate of drug-likeness (QED) is 0.0637. The van der Waals surface area contributed by atoms with Crippen molar-refractivity contribution in [2.75, 3.05) is 46.1 Å². The fraction of sp³-hybridized carbons (Fsp3) is 1.00. The molecule has 13 heteroatoms. The smallest absolute Gasteiger partial charge is 0.0637 e. The van der Waals surface area contributed by atoms with E-state index in [0.29, 0.717) is 75.0 Å². The molecule has 0 bridgehead atoms. The second-order valence-electron chi connectivity index (χ2n) is 14.8. The number of hydrogen-bond acceptors (Lipinski definition) is 7. The van der Waals surface area contributed by atoms with Gasteiger partial charge in [-0.05, 0) is 135 Å². The number of hydrogen-bond donors (Lipinski definition) is 1. The lowest BCUT2D eigenvalue weighted by molar-refractivity contribution is -0.227. The highest BCUT2D eigenvalue weighted by Crippen LogP contribution is 2.69. The van der Waals surface area contributed by atoms with Gasteiger partial charge < -0.3 is 19.3 Å². The average Bonchev–Trinajstić information content (AvgIpc) is 3.41. The third-order valence-electron chi connectivity index (χ3n) is 12.7. The fourth-order valence-electron chi connectivity index (χ4n) is 10.5. The normalized spacial score (nSPS) is 37.0. The number of aliphatic hydroxyl groups excluding tert-OH is 1. The van der Waals surface area contributed by atoms with E-state index in [2.05, 4.69) is 50.8 Å². The largest absolute Gasteiger partial charge is 0.396 e. The molecule has 4 fully saturated rings. The Labute approximate surface area is 274 Å². The summed E-state index contributed by atoms with van der Waals surface area (Å²) >= 11 is 0. The molecule has 4 saturated carbocycles. The molecule has 3 unspecified atom stereocenters. The molecule has 4 rings (SSSR count). The first kappa shape index (κ1) is 36.6. The van der Waals surface area contributed by atoms with Crippen LogP contribution < -0.4 is 0 Å². The highest BCUT2D eigenvalue weighted by Gasteiger charge is 2.66. The Hall–Kier alpha value is -2.23. The monoisotopic (exact) mass is 643 g/mol. The van der Waals surface area contributed by atoms with Crippen LogP contribution in [0.4, 0.5) is 0 Å². The van der Waals surface area contributed by atoms with E-state index in [4.69, 9.17) is 30.8 Å². The molecule has 11 atom stereocenters. The highest BCUT2D eigenvalue weighted by atomic mass is 16.5. The molecule has 0 aromatic carbocycles. The van der Waals surface area contributed by atoms with E-state index in [1.54, 1.807) is 0 Å². The molecule has 0 saturated heterocycles. The molecule has 4 aliphatic carbocycles. The van der Waals surface area contributed by atoms with Crippen molar-refractivity contribution in [2.24, 2.45) is 61.7 Å². The minimum absolute atomic E-state index is 0.00331. The van der Waals surface area contributed by atoms with Gasteiger partial charge in [0.25, 0.3) is 0 Å². The van der Waals surface area contributed by atoms with Crippen LogP contribution in [0.2, 0.25) is 0 Å². The third kappa shape index (κ3) is 8.24. The minimum atomic E-state index is -0.00331. The van der Waals surface area contributed by atoms with E-state index in [1.165, 1.54) is 12.8 Å². The van der Waals surface area contributed by atoms with Crippen molar-refractivity contribution in [3.8, 4) is 0 Å². The lowest BCUT2D eigenvalue weighted by Crippen LogP contribution is -2.63. The molecule has 0 heterocycles. The molecule has 258 valence electrons. The van der Waals surface area contributed by atoms with Gasteiger partial charge in [-0.25, -0.2) is 0 Å². The lowest BCUT2D eigenvalue weighted by Gasteiger charge is -2.65. The molecule has 1 N–H and O–H groups in total. The molecule has 0 aromatic rings. The zero-order valence-corrected chi connectivity index (χ0v) is 28.3. The number of azide groups is 3. The Balaban J connectivity index is 1.61. The Bertz CT molecular complexity index is 1110. The topological polar surface area (TPSA) is 194 Å². The minimum Gasteiger partial charge on any atom is -0.396 e. The predicted octanol–water partition coefficient (Wildman–Crippen LogP) is 8.53. The second kappa shape index (κ2) is 17.8. The first-order chi connectivity index (χ1) is 22.3. The van der Waals surface area contributed by atoms with Crippen LogP contribution in [0.25, 0.3) is 31.3 Å². The highest BCUT2D eigenvalue weighted by molar-refractivity contribution is 5.15. The van der Waals surface area contributed by atoms with Crippen LogP contribution >= 0.6 is 0 Å². The number of ether oxygens (including phenoxy) is 3. The number of aliphatic hydroxyl groups is 1. The molecular weight excluding hydrogens is 586 g/mol. The van der Waals surface area contributed by atoms with Gasteiger partial charge in [-0.1, -0.05) is 36.1 Å². The van der Waals surface area contributed by atoms with Crippen LogP contribution in [0.3, 0.4) is 0 Å². The van der Waals surface area contributed by atoms with Gasteiger partial charge in [0.05, 0.1) is 18.3 Å². The first-order valence-corrected chi connectivity index (χ1v) is 17.8. The van der Waals surface area contributed by atoms with Crippen LogP contribution in [-0.2, 0) is 14.2 Å². The van der Waals surface area contributed by atoms with Crippen LogP contribution in [0.1, 0.15) is 97.8 Å². The zero-order chi connectivity index (χ0) is 33.0. The average molecular weight is 644 g/mol. The summed E-state index contributed by atoms with van der Waals surface area (Å²) in [5, 5.41) is 20.8. The van der Waals surface area contributed by atoms with Gasteiger partial charge in [-0.15, -0.1) is 0 Å². The van der Waals surface area contributed by atoms with E-state index in [1.807, 2.05) is 0 Å². The molecule has 0 aromatic heterocycles. The molecule has 0 aliphatic heterocycles. The van der Waals surface area contributed by atoms with Crippen LogP contribution in [-0.4, -0.2) is 69.5 Å². The summed E-state index contributed by atoms with van der Waals surface area (Å²) in [5.74, 6) is 2.86. The van der Waals surface area contributed by atoms with Gasteiger partial charge >= 0.3 is 0 Å². The maximum atomic E-state index is 9.63. The third-order valence-corrected chi connectivity index (χ3v) is 12.7. The number of nitrogens with zero attached hydrogens (tertiary/aromatic N) is 9. The van der Waals surface area contributed by atoms with Crippen molar-refractivity contribution < 1.29 is 19.3 Å². The molecule has 0 radical (unpaired) electrons. The van der Waals surface area contributed by atoms with Gasteiger partial charge in [-0.3, -0.25) is 0 Å². The van der Waals surface area contributed by atoms with Crippen molar-refractivity contribution in [3.63, 3.8) is 0 Å². The van der Waals surface area contributed by atoms with Crippen LogP contribution in [0.15, 0.2) is 15.3 Å². The van der Waals surface area contributed by atoms with Gasteiger partial charge in [0, 0.05) is 66.2 Å². The van der Waals surface area contributed by atoms with E-state index >= 15 is 0 Å². The van der Waals surface area contributed by atoms with E-state index in [9.17, 15) is 5.11 Å². The summed E-state index contributed by atoms with van der Waals surface area (Å²) in [6, 6.07) is 0. The number of fused-ring (bicyclic) bond motifs is 5. The van der Waals surface area contributed by atoms with E-state index in [-0.39, 0.29) is 35.7 Å². The summed E-state index contributed by atoms with van der Waals surface area (Å²) in [7, 11) is 0. The molecule has 0 spiro atoms. The summed E-state index contributed by atoms with van der Waals surface area (Å²) in [4.78, 5) is 8.71. The predicted molar refractivity (Wildman–Crippen MR) is 177 cm³/mol. The van der Waals surface area contributed by atoms with Gasteiger partial charge in [0.15, 0.2) is 0 Å². The Morgan fingerprint density at radius 3 is 2.04 bits per heavy atom. The van der Waals surface area contributed by atoms with Gasteiger partial charge in [0.1, 0.15) is 0 Å². The van der Waals surface area contributed by atoms with Crippen molar-refractivity contribution in [1.29, 1.82) is 0 Å². The Morgan fingerprint density at radius 2 is 1.41 bits per heavy atom. The van der Waals surface area contributed by atoms with Crippen LogP contribution in [0.5, 0.6) is 0 Å². The molecular formula is C33H57N9O4. The van der Waals surface area contributed by atoms with Crippen LogP contribution in [0, 0.1) is 46.3 Å². The van der Waals surface area contributed by atoms with Crippen molar-refractivity contribution in [1.82, 2.24) is 0 Å². The maximum Gasteiger partial charge on any atom is 0.0637 e. The van der Waals surface area contributed by atoms with Crippen molar-refractivity contribution in [3.05, 3.63) is 31.3 Å². The summed E-state index contributed by atoms with van der Waals surface area (Å²) in [6.45, 7) is 10.8. The van der Waals surface area contributed by atoms with Crippen molar-refractivity contribution >= 4 is 0 Å². The lowest BCUT2D eigenvalue weighted by atomic mass is 9.43. The summed E-state index contributed by atoms with van der Waals surface area (Å²) in [6.07, 6.45) is 12.0. The summed E-state index contributed by atoms with van der Waals surface area (Å²) < 4.78 is 20.1. The zero-order valence-electron chi connectivity index (χ0n) is 28.3. The second-order valence-corrected chi connectivity index (χ2v) is 14.8. The van der Waals surface area contributed by atoms with Crippen molar-refractivity contribution in [2.45, 2.75) is 116 Å². The first-order valence-electron chi connectivity index (χ1n) is 17.8. The summed E-state index contributed by atoms with van der Waals surface area (Å²) in [5.41, 5.74) is 26.3. The Morgan fingerprint density at radius 1 is 0.783 bits per heavy atom. The van der Waals surface area contributed by atoms with E-state index in [0.717, 1.165) is 64.2 Å². The number of rotatable bonds is 19. The molecule has 13 nitrogen and oxygen atoms in total. The molecule has 46 heavy (non-hydrogen) atoms. The fourth-order valence-corrected chi connectivity index (χ4v) is 10.5. The molecule has 0 amide bonds. The molecule has 4 aliphatic rings. The maximum absolute atomic E-state index is 9.63. The SMILES string of the molecule is C[C@H](CCCO)[C@H]1CC[C@H]2C3C(OCCCN=[N+]=[N-])CC4C[C@H](OCCCN=[N+]=[N-])CC[C@]4(C)[C@H]3C[C@H](OCCCN=[N+]=[N-])[C@]12C. The van der Waals surface area contributed by atoms with E-state index < -0.39 is 0 Å². The Kier molecular flexibility index (Phi) is 14.2. The van der Waals surface area contributed by atoms with Gasteiger partial charge in [-0.2, -0.15) is 0 Å². The standard InChI is InChI=1S/C33H57N9O4/c1-23(8-4-16-43)26-9-10-27-31-28(22-30(33(26,27)3)46-19-7-15-39-42-36)32(2)12-11-25(44-17-5-13-37-40-34)20-24(32)21-29(31)45-18-6-14-38-41-35/h23-31,43H,4-22H2,1-3H3/t23-,24?,25-,26-,27+,28+,29?,30+,31?,32+,33-/m1/s1.